The number of amides is 1. The van der Waals surface area contributed by atoms with E-state index in [9.17, 15) is 14.7 Å². The summed E-state index contributed by atoms with van der Waals surface area (Å²) in [6.07, 6.45) is 6.05. The fourth-order valence-electron chi connectivity index (χ4n) is 5.54. The number of rotatable bonds is 7. The molecule has 4 atom stereocenters. The van der Waals surface area contributed by atoms with Gasteiger partial charge in [-0.3, -0.25) is 14.5 Å². The second-order valence-electron chi connectivity index (χ2n) is 9.36. The highest BCUT2D eigenvalue weighted by Gasteiger charge is 2.55. The van der Waals surface area contributed by atoms with Gasteiger partial charge in [0.2, 0.25) is 5.91 Å². The number of benzene rings is 1. The molecule has 1 saturated carbocycles. The van der Waals surface area contributed by atoms with Crippen LogP contribution in [-0.2, 0) is 17.9 Å². The first-order valence-electron chi connectivity index (χ1n) is 11.7. The average Bonchev–Trinajstić information content (AvgIpc) is 3.60. The van der Waals surface area contributed by atoms with Gasteiger partial charge < -0.3 is 15.0 Å². The number of aromatic nitrogens is 1. The van der Waals surface area contributed by atoms with Gasteiger partial charge in [-0.15, -0.1) is 0 Å². The molecule has 2 N–H and O–H groups in total. The molecule has 5 rings (SSSR count). The molecule has 2 aliphatic heterocycles. The van der Waals surface area contributed by atoms with Crippen LogP contribution in [0.2, 0.25) is 0 Å². The number of hydrogen-bond acceptors (Lipinski definition) is 4. The first-order valence-corrected chi connectivity index (χ1v) is 11.7. The maximum Gasteiger partial charge on any atom is 0.258 e. The predicted molar refractivity (Wildman–Crippen MR) is 124 cm³/mol. The molecule has 2 bridgehead atoms. The van der Waals surface area contributed by atoms with Crippen LogP contribution in [0.1, 0.15) is 42.6 Å². The number of pyridine rings is 1. The van der Waals surface area contributed by atoms with Crippen molar-refractivity contribution in [2.45, 2.75) is 44.9 Å². The van der Waals surface area contributed by atoms with Crippen LogP contribution >= 0.6 is 0 Å². The van der Waals surface area contributed by atoms with Crippen LogP contribution in [0.15, 0.2) is 53.3 Å². The monoisotopic (exact) mass is 433 g/mol. The van der Waals surface area contributed by atoms with E-state index in [-0.39, 0.29) is 42.0 Å². The lowest BCUT2D eigenvalue weighted by Crippen LogP contribution is -2.46. The van der Waals surface area contributed by atoms with E-state index in [0.29, 0.717) is 31.1 Å². The number of nitrogens with one attached hydrogen (secondary N) is 1. The zero-order valence-corrected chi connectivity index (χ0v) is 18.5. The summed E-state index contributed by atoms with van der Waals surface area (Å²) in [6, 6.07) is 13.8. The van der Waals surface area contributed by atoms with Crippen molar-refractivity contribution >= 4 is 12.0 Å². The molecule has 32 heavy (non-hydrogen) atoms. The lowest BCUT2D eigenvalue weighted by atomic mass is 9.86. The Balaban J connectivity index is 1.56. The molecule has 0 radical (unpaired) electrons. The predicted octanol–water partition coefficient (Wildman–Crippen LogP) is 2.57. The van der Waals surface area contributed by atoms with Crippen molar-refractivity contribution in [1.82, 2.24) is 14.8 Å². The zero-order valence-electron chi connectivity index (χ0n) is 18.5. The van der Waals surface area contributed by atoms with Crippen molar-refractivity contribution < 1.29 is 9.90 Å². The molecule has 1 aromatic heterocycles. The van der Waals surface area contributed by atoms with Gasteiger partial charge in [-0.25, -0.2) is 0 Å². The summed E-state index contributed by atoms with van der Waals surface area (Å²) >= 11 is 0. The van der Waals surface area contributed by atoms with E-state index in [1.54, 1.807) is 0 Å². The lowest BCUT2D eigenvalue weighted by Gasteiger charge is -2.38. The average molecular weight is 434 g/mol. The third-order valence-electron chi connectivity index (χ3n) is 7.32. The van der Waals surface area contributed by atoms with Crippen LogP contribution in [0, 0.1) is 17.8 Å². The highest BCUT2D eigenvalue weighted by atomic mass is 16.3. The second kappa shape index (κ2) is 8.68. The minimum Gasteiger partial charge on any atom is -0.396 e. The van der Waals surface area contributed by atoms with Crippen molar-refractivity contribution in [2.24, 2.45) is 17.8 Å². The number of aliphatic hydroxyl groups is 1. The lowest BCUT2D eigenvalue weighted by molar-refractivity contribution is -0.127. The van der Waals surface area contributed by atoms with Crippen molar-refractivity contribution in [1.29, 1.82) is 0 Å². The Hall–Kier alpha value is -2.70. The molecule has 1 aliphatic carbocycles. The quantitative estimate of drug-likeness (QED) is 0.704. The van der Waals surface area contributed by atoms with Gasteiger partial charge >= 0.3 is 0 Å². The smallest absolute Gasteiger partial charge is 0.258 e. The van der Waals surface area contributed by atoms with Gasteiger partial charge in [0.1, 0.15) is 0 Å². The van der Waals surface area contributed by atoms with Crippen molar-refractivity contribution in [3.05, 3.63) is 75.7 Å². The summed E-state index contributed by atoms with van der Waals surface area (Å²) in [5.41, 5.74) is 2.67. The van der Waals surface area contributed by atoms with Crippen LogP contribution < -0.4 is 10.9 Å². The summed E-state index contributed by atoms with van der Waals surface area (Å²) in [6.45, 7) is 3.70. The molecular weight excluding hydrogens is 402 g/mol. The van der Waals surface area contributed by atoms with E-state index in [4.69, 9.17) is 0 Å². The van der Waals surface area contributed by atoms with Crippen LogP contribution in [0.5, 0.6) is 0 Å². The maximum atomic E-state index is 13.4. The van der Waals surface area contributed by atoms with Crippen LogP contribution in [-0.4, -0.2) is 39.7 Å². The van der Waals surface area contributed by atoms with Gasteiger partial charge in [-0.2, -0.15) is 0 Å². The van der Waals surface area contributed by atoms with Crippen molar-refractivity contribution in [3.63, 3.8) is 0 Å². The van der Waals surface area contributed by atoms with Gasteiger partial charge in [-0.1, -0.05) is 42.5 Å². The molecule has 1 aromatic carbocycles. The molecule has 2 fully saturated rings. The minimum atomic E-state index is -0.381. The zero-order chi connectivity index (χ0) is 22.2. The number of hydrogen-bond donors (Lipinski definition) is 2. The third-order valence-corrected chi connectivity index (χ3v) is 7.32. The molecule has 6 heteroatoms. The Morgan fingerprint density at radius 3 is 2.66 bits per heavy atom. The van der Waals surface area contributed by atoms with Crippen molar-refractivity contribution in [2.75, 3.05) is 13.2 Å². The molecule has 0 spiro atoms. The fourth-order valence-corrected chi connectivity index (χ4v) is 5.54. The summed E-state index contributed by atoms with van der Waals surface area (Å²) < 4.78 is 1.84. The largest absolute Gasteiger partial charge is 0.396 e. The maximum absolute atomic E-state index is 13.4. The Morgan fingerprint density at radius 1 is 1.19 bits per heavy atom. The number of carbonyl (C=O) groups excluding carboxylic acids is 1. The topological polar surface area (TPSA) is 74.6 Å². The van der Waals surface area contributed by atoms with E-state index in [1.807, 2.05) is 54.0 Å². The molecule has 0 unspecified atom stereocenters. The van der Waals surface area contributed by atoms with E-state index in [1.165, 1.54) is 18.4 Å². The summed E-state index contributed by atoms with van der Waals surface area (Å²) in [4.78, 5) is 29.0. The second-order valence-corrected chi connectivity index (χ2v) is 9.36. The molecule has 6 nitrogen and oxygen atoms in total. The van der Waals surface area contributed by atoms with E-state index >= 15 is 0 Å². The fraction of sp³-hybridized carbons (Fsp3) is 0.462. The van der Waals surface area contributed by atoms with Crippen LogP contribution in [0.4, 0.5) is 0 Å². The highest BCUT2D eigenvalue weighted by molar-refractivity contribution is 5.80. The molecule has 1 saturated heterocycles. The molecule has 2 aromatic rings. The van der Waals surface area contributed by atoms with Gasteiger partial charge in [0, 0.05) is 49.5 Å². The first kappa shape index (κ1) is 21.2. The van der Waals surface area contributed by atoms with Crippen molar-refractivity contribution in [3.8, 4) is 0 Å². The Bertz CT molecular complexity index is 1070. The normalized spacial score (nSPS) is 26.9. The van der Waals surface area contributed by atoms with Gasteiger partial charge in [0.25, 0.3) is 5.56 Å². The summed E-state index contributed by atoms with van der Waals surface area (Å²) in [7, 11) is 0. The molecule has 1 amide bonds. The Morgan fingerprint density at radius 2 is 1.97 bits per heavy atom. The van der Waals surface area contributed by atoms with E-state index < -0.39 is 0 Å². The highest BCUT2D eigenvalue weighted by Crippen LogP contribution is 2.49. The van der Waals surface area contributed by atoms with Gasteiger partial charge in [0.05, 0.1) is 12.0 Å². The summed E-state index contributed by atoms with van der Waals surface area (Å²) in [5.74, 6) is -0.00785. The summed E-state index contributed by atoms with van der Waals surface area (Å²) in [5, 5.41) is 13.5. The van der Waals surface area contributed by atoms with E-state index in [0.717, 1.165) is 5.69 Å². The molecular formula is C26H31N3O3. The molecule has 3 aliphatic rings. The van der Waals surface area contributed by atoms with E-state index in [2.05, 4.69) is 22.3 Å². The minimum absolute atomic E-state index is 0.0000544. The molecule has 168 valence electrons. The van der Waals surface area contributed by atoms with Gasteiger partial charge in [0.15, 0.2) is 0 Å². The van der Waals surface area contributed by atoms with Gasteiger partial charge in [-0.05, 0) is 43.4 Å². The number of carbonyl (C=O) groups is 1. The number of allylic oxidation sites excluding steroid dienone is 1. The number of fused-ring (bicyclic) bond motifs is 4. The molecule has 3 heterocycles. The SMILES string of the molecule is C/C=C/c1ccc2n(c1=O)C[C@@H]1[C@@H](CO)[C@H](C(=O)NCC3CC3)[C@H]2N1Cc1ccccc1. The third kappa shape index (κ3) is 3.71. The number of nitrogens with zero attached hydrogens (tertiary/aromatic N) is 2. The van der Waals surface area contributed by atoms with Crippen LogP contribution in [0.3, 0.4) is 0 Å². The van der Waals surface area contributed by atoms with Crippen LogP contribution in [0.25, 0.3) is 6.08 Å². The number of aliphatic hydroxyl groups excluding tert-OH is 1. The Kier molecular flexibility index (Phi) is 5.74. The Labute approximate surface area is 188 Å². The first-order chi connectivity index (χ1) is 15.6. The standard InChI is InChI=1S/C26H31N3O3/c1-2-6-19-11-12-21-24-23(25(31)27-13-17-9-10-17)20(16-30)22(15-29(21)26(19)32)28(24)14-18-7-4-3-5-8-18/h2-8,11-12,17,20,22-24,30H,9-10,13-16H2,1H3,(H,27,31)/b6-2+/t20-,22-,23+,24+/m1/s1.